The van der Waals surface area contributed by atoms with E-state index in [4.69, 9.17) is 5.73 Å². The number of piperazine rings is 1. The molecule has 0 aromatic heterocycles. The Bertz CT molecular complexity index is 419. The van der Waals surface area contributed by atoms with Crippen molar-refractivity contribution in [2.75, 3.05) is 31.9 Å². The van der Waals surface area contributed by atoms with E-state index in [1.165, 1.54) is 0 Å². The Labute approximate surface area is 116 Å². The molecule has 4 nitrogen and oxygen atoms in total. The van der Waals surface area contributed by atoms with E-state index in [0.29, 0.717) is 5.69 Å². The number of benzene rings is 1. The molecule has 4 N–H and O–H groups in total. The average molecular weight is 314 g/mol. The molecule has 1 aliphatic rings. The summed E-state index contributed by atoms with van der Waals surface area (Å²) in [6.45, 7) is 6.13. The lowest BCUT2D eigenvalue weighted by atomic mass is 10.00. The molecular formula is C13H20BrN3O. The van der Waals surface area contributed by atoms with E-state index < -0.39 is 0 Å². The van der Waals surface area contributed by atoms with Gasteiger partial charge in [0.2, 0.25) is 0 Å². The van der Waals surface area contributed by atoms with Crippen LogP contribution in [0.1, 0.15) is 24.9 Å². The van der Waals surface area contributed by atoms with E-state index in [9.17, 15) is 5.11 Å². The highest BCUT2D eigenvalue weighted by Gasteiger charge is 2.25. The second-order valence-electron chi connectivity index (χ2n) is 4.61. The molecule has 0 unspecified atom stereocenters. The lowest BCUT2D eigenvalue weighted by molar-refractivity contribution is 0.166. The van der Waals surface area contributed by atoms with Crippen molar-refractivity contribution < 1.29 is 5.11 Å². The quantitative estimate of drug-likeness (QED) is 0.591. The van der Waals surface area contributed by atoms with Gasteiger partial charge in [-0.3, -0.25) is 4.90 Å². The summed E-state index contributed by atoms with van der Waals surface area (Å²) < 4.78 is 0.930. The second kappa shape index (κ2) is 5.91. The van der Waals surface area contributed by atoms with Gasteiger partial charge in [0.15, 0.2) is 0 Å². The summed E-state index contributed by atoms with van der Waals surface area (Å²) >= 11 is 3.53. The lowest BCUT2D eigenvalue weighted by Gasteiger charge is -2.35. The molecule has 0 radical (unpaired) electrons. The number of anilines is 1. The summed E-state index contributed by atoms with van der Waals surface area (Å²) in [5.74, 6) is 0.217. The molecule has 1 heterocycles. The predicted molar refractivity (Wildman–Crippen MR) is 77.7 cm³/mol. The Morgan fingerprint density at radius 1 is 1.44 bits per heavy atom. The highest BCUT2D eigenvalue weighted by molar-refractivity contribution is 9.10. The number of nitrogens with zero attached hydrogens (tertiary/aromatic N) is 1. The molecule has 0 spiro atoms. The average Bonchev–Trinajstić information content (AvgIpc) is 2.40. The van der Waals surface area contributed by atoms with Crippen LogP contribution in [0.3, 0.4) is 0 Å². The summed E-state index contributed by atoms with van der Waals surface area (Å²) in [5.41, 5.74) is 7.17. The molecular weight excluding hydrogens is 294 g/mol. The van der Waals surface area contributed by atoms with Gasteiger partial charge in [0, 0.05) is 42.3 Å². The van der Waals surface area contributed by atoms with Crippen molar-refractivity contribution in [3.63, 3.8) is 0 Å². The maximum Gasteiger partial charge on any atom is 0.144 e. The van der Waals surface area contributed by atoms with Crippen LogP contribution in [0.5, 0.6) is 5.75 Å². The van der Waals surface area contributed by atoms with Gasteiger partial charge in [-0.25, -0.2) is 0 Å². The van der Waals surface area contributed by atoms with E-state index >= 15 is 0 Å². The zero-order valence-corrected chi connectivity index (χ0v) is 12.2. The minimum Gasteiger partial charge on any atom is -0.505 e. The topological polar surface area (TPSA) is 61.5 Å². The Morgan fingerprint density at radius 2 is 2.11 bits per heavy atom. The van der Waals surface area contributed by atoms with Crippen molar-refractivity contribution in [1.82, 2.24) is 10.2 Å². The van der Waals surface area contributed by atoms with Crippen LogP contribution in [0.2, 0.25) is 0 Å². The van der Waals surface area contributed by atoms with Crippen molar-refractivity contribution >= 4 is 21.6 Å². The molecule has 1 atom stereocenters. The molecule has 1 aromatic carbocycles. The van der Waals surface area contributed by atoms with Crippen LogP contribution in [0.15, 0.2) is 16.6 Å². The van der Waals surface area contributed by atoms with Gasteiger partial charge < -0.3 is 16.2 Å². The molecule has 18 heavy (non-hydrogen) atoms. The zero-order chi connectivity index (χ0) is 13.1. The molecule has 1 aliphatic heterocycles. The second-order valence-corrected chi connectivity index (χ2v) is 5.46. The minimum absolute atomic E-state index is 0.213. The van der Waals surface area contributed by atoms with Gasteiger partial charge in [0.25, 0.3) is 0 Å². The number of phenolic OH excluding ortho intramolecular Hbond substituents is 1. The first-order valence-electron chi connectivity index (χ1n) is 6.36. The number of halogens is 1. The van der Waals surface area contributed by atoms with Crippen LogP contribution in [-0.2, 0) is 0 Å². The fourth-order valence-corrected chi connectivity index (χ4v) is 3.14. The molecule has 1 aromatic rings. The molecule has 0 saturated carbocycles. The zero-order valence-electron chi connectivity index (χ0n) is 10.6. The maximum atomic E-state index is 10.2. The number of hydrogen-bond acceptors (Lipinski definition) is 4. The number of nitrogens with one attached hydrogen (secondary N) is 1. The summed E-state index contributed by atoms with van der Waals surface area (Å²) in [4.78, 5) is 2.40. The fourth-order valence-electron chi connectivity index (χ4n) is 2.56. The molecule has 0 bridgehead atoms. The number of nitrogens with two attached hydrogens (primary N) is 1. The van der Waals surface area contributed by atoms with Crippen LogP contribution in [0.4, 0.5) is 5.69 Å². The SMILES string of the molecule is CC[C@@H](c1c(Br)ccc(N)c1O)N1CCNCC1. The first kappa shape index (κ1) is 13.6. The molecule has 0 amide bonds. The van der Waals surface area contributed by atoms with Crippen LogP contribution >= 0.6 is 15.9 Å². The highest BCUT2D eigenvalue weighted by atomic mass is 79.9. The van der Waals surface area contributed by atoms with Crippen molar-refractivity contribution in [2.45, 2.75) is 19.4 Å². The van der Waals surface area contributed by atoms with Gasteiger partial charge in [-0.15, -0.1) is 0 Å². The van der Waals surface area contributed by atoms with Gasteiger partial charge >= 0.3 is 0 Å². The van der Waals surface area contributed by atoms with Crippen LogP contribution in [0, 0.1) is 0 Å². The Balaban J connectivity index is 2.34. The summed E-state index contributed by atoms with van der Waals surface area (Å²) in [6, 6.07) is 3.85. The number of hydrogen-bond donors (Lipinski definition) is 3. The number of phenols is 1. The Hall–Kier alpha value is -0.780. The van der Waals surface area contributed by atoms with Crippen LogP contribution in [-0.4, -0.2) is 36.2 Å². The highest BCUT2D eigenvalue weighted by Crippen LogP contribution is 2.40. The van der Waals surface area contributed by atoms with Crippen molar-refractivity contribution in [3.05, 3.63) is 22.2 Å². The Morgan fingerprint density at radius 3 is 2.72 bits per heavy atom. The summed E-state index contributed by atoms with van der Waals surface area (Å²) in [5, 5.41) is 13.6. The third kappa shape index (κ3) is 2.63. The van der Waals surface area contributed by atoms with Crippen molar-refractivity contribution in [1.29, 1.82) is 0 Å². The first-order valence-corrected chi connectivity index (χ1v) is 7.16. The molecule has 1 saturated heterocycles. The van der Waals surface area contributed by atoms with Gasteiger partial charge in [-0.1, -0.05) is 22.9 Å². The largest absolute Gasteiger partial charge is 0.505 e. The summed E-state index contributed by atoms with van der Waals surface area (Å²) in [6.07, 6.45) is 0.954. The molecule has 2 rings (SSSR count). The minimum atomic E-state index is 0.213. The van der Waals surface area contributed by atoms with E-state index in [-0.39, 0.29) is 11.8 Å². The first-order chi connectivity index (χ1) is 8.65. The molecule has 1 fully saturated rings. The Kier molecular flexibility index (Phi) is 4.48. The normalized spacial score (nSPS) is 18.8. The third-order valence-electron chi connectivity index (χ3n) is 3.51. The molecule has 100 valence electrons. The van der Waals surface area contributed by atoms with Gasteiger partial charge in [-0.2, -0.15) is 0 Å². The summed E-state index contributed by atoms with van der Waals surface area (Å²) in [7, 11) is 0. The lowest BCUT2D eigenvalue weighted by Crippen LogP contribution is -2.45. The van der Waals surface area contributed by atoms with E-state index in [0.717, 1.165) is 42.6 Å². The van der Waals surface area contributed by atoms with Crippen molar-refractivity contribution in [3.8, 4) is 5.75 Å². The van der Waals surface area contributed by atoms with E-state index in [1.807, 2.05) is 6.07 Å². The predicted octanol–water partition coefficient (Wildman–Crippen LogP) is 2.09. The van der Waals surface area contributed by atoms with Crippen LogP contribution in [0.25, 0.3) is 0 Å². The molecule has 5 heteroatoms. The number of rotatable bonds is 3. The standard InChI is InChI=1S/C13H20BrN3O/c1-2-11(17-7-5-16-6-8-17)12-9(14)3-4-10(15)13(12)18/h3-4,11,16,18H,2,5-8,15H2,1H3/t11-/m0/s1. The molecule has 0 aliphatic carbocycles. The number of nitrogen functional groups attached to an aromatic ring is 1. The van der Waals surface area contributed by atoms with E-state index in [1.54, 1.807) is 6.07 Å². The van der Waals surface area contributed by atoms with Gasteiger partial charge in [0.1, 0.15) is 5.75 Å². The van der Waals surface area contributed by atoms with Crippen molar-refractivity contribution in [2.24, 2.45) is 0 Å². The number of aromatic hydroxyl groups is 1. The van der Waals surface area contributed by atoms with Gasteiger partial charge in [0.05, 0.1) is 5.69 Å². The fraction of sp³-hybridized carbons (Fsp3) is 0.538. The van der Waals surface area contributed by atoms with E-state index in [2.05, 4.69) is 33.1 Å². The monoisotopic (exact) mass is 313 g/mol. The third-order valence-corrected chi connectivity index (χ3v) is 4.20. The maximum absolute atomic E-state index is 10.2. The van der Waals surface area contributed by atoms with Gasteiger partial charge in [-0.05, 0) is 18.6 Å². The smallest absolute Gasteiger partial charge is 0.144 e. The van der Waals surface area contributed by atoms with Crippen LogP contribution < -0.4 is 11.1 Å².